The molecule has 0 fully saturated rings. The highest BCUT2D eigenvalue weighted by Gasteiger charge is 2.24. The van der Waals surface area contributed by atoms with Crippen LogP contribution in [0.2, 0.25) is 0 Å². The normalized spacial score (nSPS) is 12.9. The third-order valence-corrected chi connectivity index (χ3v) is 5.40. The molecule has 32 heavy (non-hydrogen) atoms. The highest BCUT2D eigenvalue weighted by Crippen LogP contribution is 2.31. The lowest BCUT2D eigenvalue weighted by atomic mass is 9.95. The summed E-state index contributed by atoms with van der Waals surface area (Å²) in [4.78, 5) is 29.0. The van der Waals surface area contributed by atoms with E-state index in [1.807, 2.05) is 40.7 Å². The molecule has 8 nitrogen and oxygen atoms in total. The molecule has 9 heteroatoms. The summed E-state index contributed by atoms with van der Waals surface area (Å²) >= 11 is 3.39. The minimum absolute atomic E-state index is 0.123. The van der Waals surface area contributed by atoms with Crippen LogP contribution < -0.4 is 10.3 Å². The third-order valence-electron chi connectivity index (χ3n) is 4.91. The minimum Gasteiger partial charge on any atom is -0.483 e. The van der Waals surface area contributed by atoms with E-state index in [1.54, 1.807) is 24.3 Å². The summed E-state index contributed by atoms with van der Waals surface area (Å²) < 4.78 is 7.85. The Balaban J connectivity index is 2.23. The average Bonchev–Trinajstić information content (AvgIpc) is 2.73. The number of nitrogens with zero attached hydrogens (tertiary/aromatic N) is 4. The van der Waals surface area contributed by atoms with E-state index in [0.717, 1.165) is 4.47 Å². The van der Waals surface area contributed by atoms with Gasteiger partial charge in [0, 0.05) is 21.5 Å². The molecule has 1 aromatic heterocycles. The van der Waals surface area contributed by atoms with Crippen molar-refractivity contribution in [2.75, 3.05) is 0 Å². The molecule has 0 saturated heterocycles. The molecule has 0 aliphatic heterocycles. The quantitative estimate of drug-likeness (QED) is 0.255. The van der Waals surface area contributed by atoms with Crippen molar-refractivity contribution in [3.8, 4) is 5.75 Å². The molecule has 1 heterocycles. The van der Waals surface area contributed by atoms with Gasteiger partial charge in [-0.2, -0.15) is 9.78 Å². The molecule has 0 amide bonds. The second-order valence-electron chi connectivity index (χ2n) is 8.50. The van der Waals surface area contributed by atoms with Gasteiger partial charge in [0.1, 0.15) is 5.82 Å². The zero-order valence-corrected chi connectivity index (χ0v) is 20.2. The summed E-state index contributed by atoms with van der Waals surface area (Å²) in [6, 6.07) is 9.93. The number of ether oxygens (including phenoxy) is 1. The fraction of sp³-hybridized carbons (Fsp3) is 0.348. The van der Waals surface area contributed by atoms with Crippen LogP contribution in [0.25, 0.3) is 10.9 Å². The highest BCUT2D eigenvalue weighted by molar-refractivity contribution is 9.10. The van der Waals surface area contributed by atoms with Crippen molar-refractivity contribution < 1.29 is 9.66 Å². The molecule has 0 radical (unpaired) electrons. The second kappa shape index (κ2) is 9.20. The third kappa shape index (κ3) is 4.88. The molecular weight excluding hydrogens is 476 g/mol. The molecule has 2 aromatic carbocycles. The van der Waals surface area contributed by atoms with Crippen LogP contribution in [0.4, 0.5) is 5.69 Å². The van der Waals surface area contributed by atoms with Gasteiger partial charge < -0.3 is 4.74 Å². The van der Waals surface area contributed by atoms with Crippen molar-refractivity contribution >= 4 is 38.7 Å². The van der Waals surface area contributed by atoms with Gasteiger partial charge in [-0.1, -0.05) is 49.7 Å². The van der Waals surface area contributed by atoms with Crippen molar-refractivity contribution in [3.05, 3.63) is 72.7 Å². The number of fused-ring (bicyclic) bond motifs is 1. The van der Waals surface area contributed by atoms with E-state index in [1.165, 1.54) is 17.0 Å². The molecule has 1 atom stereocenters. The van der Waals surface area contributed by atoms with Crippen molar-refractivity contribution in [2.24, 2.45) is 5.10 Å². The molecule has 0 spiro atoms. The number of aromatic nitrogens is 2. The highest BCUT2D eigenvalue weighted by atomic mass is 79.9. The summed E-state index contributed by atoms with van der Waals surface area (Å²) in [5.41, 5.74) is 0.0214. The van der Waals surface area contributed by atoms with Gasteiger partial charge in [0.2, 0.25) is 5.75 Å². The van der Waals surface area contributed by atoms with Crippen LogP contribution in [-0.2, 0) is 5.41 Å². The van der Waals surface area contributed by atoms with Gasteiger partial charge in [0.15, 0.2) is 0 Å². The smallest absolute Gasteiger partial charge is 0.311 e. The van der Waals surface area contributed by atoms with E-state index in [0.29, 0.717) is 28.7 Å². The van der Waals surface area contributed by atoms with Crippen LogP contribution in [0.3, 0.4) is 0 Å². The largest absolute Gasteiger partial charge is 0.483 e. The number of rotatable bonds is 6. The first-order valence-electron chi connectivity index (χ1n) is 10.2. The molecule has 0 N–H and O–H groups in total. The number of benzene rings is 2. The maximum Gasteiger partial charge on any atom is 0.311 e. The zero-order chi connectivity index (χ0) is 23.6. The first-order valence-corrected chi connectivity index (χ1v) is 11.0. The van der Waals surface area contributed by atoms with Crippen LogP contribution in [0.5, 0.6) is 5.75 Å². The minimum atomic E-state index is -0.489. The fourth-order valence-electron chi connectivity index (χ4n) is 3.06. The Kier molecular flexibility index (Phi) is 6.78. The lowest BCUT2D eigenvalue weighted by Crippen LogP contribution is -2.29. The number of nitro groups is 1. The molecule has 0 aliphatic rings. The summed E-state index contributed by atoms with van der Waals surface area (Å²) in [5, 5.41) is 16.4. The van der Waals surface area contributed by atoms with Gasteiger partial charge >= 0.3 is 5.69 Å². The van der Waals surface area contributed by atoms with Gasteiger partial charge in [-0.05, 0) is 37.6 Å². The van der Waals surface area contributed by atoms with Crippen molar-refractivity contribution in [3.63, 3.8) is 0 Å². The van der Waals surface area contributed by atoms with Crippen LogP contribution in [0, 0.1) is 10.1 Å². The Morgan fingerprint density at radius 3 is 2.66 bits per heavy atom. The molecule has 3 aromatic rings. The molecule has 3 rings (SSSR count). The molecule has 0 bridgehead atoms. The molecule has 0 saturated carbocycles. The van der Waals surface area contributed by atoms with Crippen LogP contribution in [-0.4, -0.2) is 26.9 Å². The van der Waals surface area contributed by atoms with E-state index in [-0.39, 0.29) is 23.1 Å². The Labute approximate surface area is 194 Å². The van der Waals surface area contributed by atoms with Crippen molar-refractivity contribution in [1.82, 2.24) is 9.66 Å². The molecule has 0 aliphatic carbocycles. The van der Waals surface area contributed by atoms with Gasteiger partial charge in [-0.3, -0.25) is 14.9 Å². The lowest BCUT2D eigenvalue weighted by Gasteiger charge is -2.21. The number of para-hydroxylation sites is 1. The van der Waals surface area contributed by atoms with E-state index in [4.69, 9.17) is 4.74 Å². The first kappa shape index (κ1) is 23.6. The second-order valence-corrected chi connectivity index (χ2v) is 9.41. The maximum atomic E-state index is 13.3. The van der Waals surface area contributed by atoms with Gasteiger partial charge in [0.25, 0.3) is 5.56 Å². The topological polar surface area (TPSA) is 99.6 Å². The molecular formula is C23H25BrN4O4. The number of hydrogen-bond donors (Lipinski definition) is 0. The Morgan fingerprint density at radius 1 is 1.31 bits per heavy atom. The lowest BCUT2D eigenvalue weighted by molar-refractivity contribution is -0.386. The number of hydrogen-bond acceptors (Lipinski definition) is 6. The van der Waals surface area contributed by atoms with E-state index < -0.39 is 10.3 Å². The van der Waals surface area contributed by atoms with E-state index in [9.17, 15) is 14.9 Å². The predicted molar refractivity (Wildman–Crippen MR) is 129 cm³/mol. The standard InChI is InChI=1S/C23H25BrN4O4/c1-6-14(2)32-20-15(8-7-9-19(20)28(30)31)13-25-27-21(29)17-12-16(24)10-11-18(17)26-22(27)23(3,4)5/h7-14H,6H2,1-5H3/t14-/m0/s1. The number of nitro benzene ring substituents is 1. The van der Waals surface area contributed by atoms with Crippen molar-refractivity contribution in [2.45, 2.75) is 52.6 Å². The van der Waals surface area contributed by atoms with Gasteiger partial charge in [-0.25, -0.2) is 4.98 Å². The van der Waals surface area contributed by atoms with Gasteiger partial charge in [-0.15, -0.1) is 0 Å². The van der Waals surface area contributed by atoms with Gasteiger partial charge in [0.05, 0.1) is 28.1 Å². The SMILES string of the molecule is CC[C@H](C)Oc1c(C=Nn2c(C(C)(C)C)nc3ccc(Br)cc3c2=O)cccc1[N+](=O)[O-]. The summed E-state index contributed by atoms with van der Waals surface area (Å²) in [7, 11) is 0. The molecule has 168 valence electrons. The summed E-state index contributed by atoms with van der Waals surface area (Å²) in [6.45, 7) is 9.59. The van der Waals surface area contributed by atoms with Crippen LogP contribution >= 0.6 is 15.9 Å². The zero-order valence-electron chi connectivity index (χ0n) is 18.6. The van der Waals surface area contributed by atoms with E-state index in [2.05, 4.69) is 26.0 Å². The summed E-state index contributed by atoms with van der Waals surface area (Å²) in [5.74, 6) is 0.598. The number of halogens is 1. The molecule has 0 unspecified atom stereocenters. The predicted octanol–water partition coefficient (Wildman–Crippen LogP) is 5.42. The van der Waals surface area contributed by atoms with E-state index >= 15 is 0 Å². The average molecular weight is 501 g/mol. The Hall–Kier alpha value is -3.07. The Morgan fingerprint density at radius 2 is 2.03 bits per heavy atom. The maximum absolute atomic E-state index is 13.3. The summed E-state index contributed by atoms with van der Waals surface area (Å²) in [6.07, 6.45) is 1.86. The Bertz CT molecular complexity index is 1260. The monoisotopic (exact) mass is 500 g/mol. The van der Waals surface area contributed by atoms with Crippen LogP contribution in [0.1, 0.15) is 52.4 Å². The van der Waals surface area contributed by atoms with Crippen molar-refractivity contribution in [1.29, 1.82) is 0 Å². The first-order chi connectivity index (χ1) is 15.0. The van der Waals surface area contributed by atoms with Crippen LogP contribution in [0.15, 0.2) is 50.8 Å². The fourth-order valence-corrected chi connectivity index (χ4v) is 3.42.